The van der Waals surface area contributed by atoms with E-state index in [1.165, 1.54) is 38.5 Å². The summed E-state index contributed by atoms with van der Waals surface area (Å²) < 4.78 is 4.83. The zero-order valence-corrected chi connectivity index (χ0v) is 10.8. The van der Waals surface area contributed by atoms with Crippen molar-refractivity contribution in [3.05, 3.63) is 0 Å². The normalized spacial score (nSPS) is 29.9. The summed E-state index contributed by atoms with van der Waals surface area (Å²) in [6, 6.07) is 0. The van der Waals surface area contributed by atoms with Gasteiger partial charge in [-0.1, -0.05) is 44.8 Å². The first kappa shape index (κ1) is 14.2. The Morgan fingerprint density at radius 3 is 2.31 bits per heavy atom. The van der Waals surface area contributed by atoms with E-state index >= 15 is 0 Å². The van der Waals surface area contributed by atoms with Crippen LogP contribution in [-0.2, 0) is 4.65 Å². The molecule has 1 rings (SSSR count). The maximum atomic E-state index is 5.95. The van der Waals surface area contributed by atoms with Gasteiger partial charge in [0.1, 0.15) is 0 Å². The predicted molar refractivity (Wildman–Crippen MR) is 70.8 cm³/mol. The van der Waals surface area contributed by atoms with Gasteiger partial charge >= 0.3 is 0 Å². The summed E-state index contributed by atoms with van der Waals surface area (Å²) in [5, 5.41) is 0. The van der Waals surface area contributed by atoms with Crippen molar-refractivity contribution in [2.24, 2.45) is 11.8 Å². The fourth-order valence-electron chi connectivity index (χ4n) is 2.91. The molecule has 0 saturated heterocycles. The smallest absolute Gasteiger partial charge is 0.282 e. The molecule has 0 aromatic heterocycles. The highest BCUT2D eigenvalue weighted by Crippen LogP contribution is 2.38. The van der Waals surface area contributed by atoms with Gasteiger partial charge in [-0.2, -0.15) is 0 Å². The lowest BCUT2D eigenvalue weighted by atomic mass is 9.68. The molecule has 0 N–H and O–H groups in total. The first-order chi connectivity index (χ1) is 7.67. The molecule has 1 nitrogen and oxygen atoms in total. The molecule has 3 heteroatoms. The van der Waals surface area contributed by atoms with E-state index in [9.17, 15) is 0 Å². The second-order valence-electron chi connectivity index (χ2n) is 5.37. The largest absolute Gasteiger partial charge is 0.445 e. The van der Waals surface area contributed by atoms with Gasteiger partial charge < -0.3 is 4.65 Å². The summed E-state index contributed by atoms with van der Waals surface area (Å²) in [6.45, 7) is 4.34. The monoisotopic (exact) mass is 218 g/mol. The summed E-state index contributed by atoms with van der Waals surface area (Å²) in [5.74, 6) is 2.18. The Morgan fingerprint density at radius 1 is 1.19 bits per heavy atom. The van der Waals surface area contributed by atoms with Crippen molar-refractivity contribution in [2.45, 2.75) is 70.7 Å². The Hall–Kier alpha value is 0.0899. The van der Waals surface area contributed by atoms with Gasteiger partial charge in [-0.05, 0) is 31.6 Å². The first-order valence-corrected chi connectivity index (χ1v) is 6.78. The Morgan fingerprint density at radius 2 is 1.81 bits per heavy atom. The van der Waals surface area contributed by atoms with Gasteiger partial charge in [0.25, 0.3) is 8.05 Å². The van der Waals surface area contributed by atoms with E-state index in [-0.39, 0.29) is 6.10 Å². The molecule has 1 aliphatic rings. The van der Waals surface area contributed by atoms with Crippen molar-refractivity contribution in [1.82, 2.24) is 0 Å². The highest BCUT2D eigenvalue weighted by atomic mass is 16.4. The molecule has 16 heavy (non-hydrogen) atoms. The Labute approximate surface area is 104 Å². The van der Waals surface area contributed by atoms with Gasteiger partial charge in [-0.15, -0.1) is 0 Å². The van der Waals surface area contributed by atoms with E-state index in [4.69, 9.17) is 20.5 Å². The molecule has 2 atom stereocenters. The minimum absolute atomic E-state index is 0.194. The molecule has 4 radical (unpaired) electrons. The molecule has 0 heterocycles. The van der Waals surface area contributed by atoms with Gasteiger partial charge in [0, 0.05) is 6.10 Å². The molecule has 0 aromatic carbocycles. The standard InChI is InChI=1S/C13H24B2O/c1-3-11(5-4-10(2)16-15)12-6-8-13(14)9-7-12/h10-13H,3-9H2,1-2H3. The lowest BCUT2D eigenvalue weighted by Crippen LogP contribution is -2.21. The van der Waals surface area contributed by atoms with Crippen molar-refractivity contribution in [1.29, 1.82) is 0 Å². The topological polar surface area (TPSA) is 9.23 Å². The molecule has 0 spiro atoms. The van der Waals surface area contributed by atoms with Crippen LogP contribution in [0.15, 0.2) is 0 Å². The second-order valence-corrected chi connectivity index (χ2v) is 5.37. The van der Waals surface area contributed by atoms with Gasteiger partial charge in [-0.25, -0.2) is 0 Å². The van der Waals surface area contributed by atoms with Crippen LogP contribution in [0.2, 0.25) is 5.82 Å². The molecular weight excluding hydrogens is 194 g/mol. The average Bonchev–Trinajstić information content (AvgIpc) is 2.31. The highest BCUT2D eigenvalue weighted by molar-refractivity contribution is 6.11. The molecular formula is C13H24B2O. The van der Waals surface area contributed by atoms with E-state index in [0.29, 0.717) is 5.82 Å². The molecule has 88 valence electrons. The lowest BCUT2D eigenvalue weighted by Gasteiger charge is -2.33. The fourth-order valence-corrected chi connectivity index (χ4v) is 2.91. The minimum Gasteiger partial charge on any atom is -0.445 e. The Kier molecular flexibility index (Phi) is 6.57. The van der Waals surface area contributed by atoms with Gasteiger partial charge in [-0.3, -0.25) is 0 Å². The van der Waals surface area contributed by atoms with Crippen LogP contribution in [0.5, 0.6) is 0 Å². The molecule has 0 aromatic rings. The summed E-state index contributed by atoms with van der Waals surface area (Å²) >= 11 is 0. The van der Waals surface area contributed by atoms with Gasteiger partial charge in [0.15, 0.2) is 0 Å². The number of hydrogen-bond acceptors (Lipinski definition) is 1. The zero-order valence-electron chi connectivity index (χ0n) is 10.8. The van der Waals surface area contributed by atoms with Crippen molar-refractivity contribution in [3.8, 4) is 0 Å². The summed E-state index contributed by atoms with van der Waals surface area (Å²) in [5.41, 5.74) is 0. The minimum atomic E-state index is 0.194. The van der Waals surface area contributed by atoms with E-state index < -0.39 is 0 Å². The third-order valence-corrected chi connectivity index (χ3v) is 4.18. The van der Waals surface area contributed by atoms with Crippen molar-refractivity contribution < 1.29 is 4.65 Å². The van der Waals surface area contributed by atoms with Crippen molar-refractivity contribution in [3.63, 3.8) is 0 Å². The van der Waals surface area contributed by atoms with Crippen LogP contribution in [0.4, 0.5) is 0 Å². The van der Waals surface area contributed by atoms with Crippen LogP contribution in [-0.4, -0.2) is 22.0 Å². The van der Waals surface area contributed by atoms with E-state index in [0.717, 1.165) is 18.3 Å². The van der Waals surface area contributed by atoms with E-state index in [1.54, 1.807) is 0 Å². The Balaban J connectivity index is 2.30. The van der Waals surface area contributed by atoms with E-state index in [1.807, 2.05) is 6.92 Å². The molecule has 0 bridgehead atoms. The van der Waals surface area contributed by atoms with Gasteiger partial charge in [0.2, 0.25) is 0 Å². The molecule has 1 fully saturated rings. The maximum absolute atomic E-state index is 5.95. The van der Waals surface area contributed by atoms with Gasteiger partial charge in [0.05, 0.1) is 7.85 Å². The van der Waals surface area contributed by atoms with Crippen LogP contribution < -0.4 is 0 Å². The van der Waals surface area contributed by atoms with Crippen LogP contribution >= 0.6 is 0 Å². The third kappa shape index (κ3) is 4.53. The fraction of sp³-hybridized carbons (Fsp3) is 1.00. The molecule has 2 unspecified atom stereocenters. The van der Waals surface area contributed by atoms with E-state index in [2.05, 4.69) is 6.92 Å². The molecule has 0 amide bonds. The summed E-state index contributed by atoms with van der Waals surface area (Å²) in [6.07, 6.45) is 8.85. The maximum Gasteiger partial charge on any atom is 0.282 e. The molecule has 1 aliphatic carbocycles. The van der Waals surface area contributed by atoms with Crippen LogP contribution in [0.25, 0.3) is 0 Å². The Bertz CT molecular complexity index is 179. The highest BCUT2D eigenvalue weighted by Gasteiger charge is 2.24. The predicted octanol–water partition coefficient (Wildman–Crippen LogP) is 3.43. The zero-order chi connectivity index (χ0) is 12.0. The quantitative estimate of drug-likeness (QED) is 0.620. The SMILES string of the molecule is [B]OC(C)CCC(CC)C1CCC([B])CC1. The lowest BCUT2D eigenvalue weighted by molar-refractivity contribution is 0.180. The number of hydrogen-bond donors (Lipinski definition) is 0. The second kappa shape index (κ2) is 7.42. The molecule has 0 aliphatic heterocycles. The van der Waals surface area contributed by atoms with Crippen molar-refractivity contribution >= 4 is 15.9 Å². The van der Waals surface area contributed by atoms with Crippen LogP contribution in [0, 0.1) is 11.8 Å². The first-order valence-electron chi connectivity index (χ1n) is 6.78. The summed E-state index contributed by atoms with van der Waals surface area (Å²) in [4.78, 5) is 0. The van der Waals surface area contributed by atoms with Crippen LogP contribution in [0.1, 0.15) is 58.8 Å². The van der Waals surface area contributed by atoms with Crippen molar-refractivity contribution in [2.75, 3.05) is 0 Å². The molecule has 1 saturated carbocycles. The van der Waals surface area contributed by atoms with Crippen LogP contribution in [0.3, 0.4) is 0 Å². The average molecular weight is 218 g/mol. The number of rotatable bonds is 6. The summed E-state index contributed by atoms with van der Waals surface area (Å²) in [7, 11) is 11.1. The third-order valence-electron chi connectivity index (χ3n) is 4.18.